The Labute approximate surface area is 105 Å². The van der Waals surface area contributed by atoms with Gasteiger partial charge in [-0.25, -0.2) is 9.78 Å². The monoisotopic (exact) mass is 297 g/mol. The highest BCUT2D eigenvalue weighted by atomic mass is 79.9. The molecule has 0 amide bonds. The van der Waals surface area contributed by atoms with Gasteiger partial charge in [-0.15, -0.1) is 11.3 Å². The number of benzene rings is 1. The van der Waals surface area contributed by atoms with Crippen LogP contribution < -0.4 is 0 Å². The molecule has 1 aromatic carbocycles. The molecular weight excluding hydrogens is 290 g/mol. The van der Waals surface area contributed by atoms with E-state index in [0.29, 0.717) is 0 Å². The molecule has 82 valence electrons. The number of carbonyl (C=O) groups is 1. The van der Waals surface area contributed by atoms with Crippen LogP contribution in [0.4, 0.5) is 0 Å². The number of alkyl halides is 1. The Kier molecular flexibility index (Phi) is 3.36. The van der Waals surface area contributed by atoms with Crippen molar-refractivity contribution in [1.82, 2.24) is 4.98 Å². The molecule has 3 nitrogen and oxygen atoms in total. The van der Waals surface area contributed by atoms with Crippen LogP contribution >= 0.6 is 27.3 Å². The highest BCUT2D eigenvalue weighted by Crippen LogP contribution is 2.25. The summed E-state index contributed by atoms with van der Waals surface area (Å²) in [5.41, 5.74) is 2.13. The summed E-state index contributed by atoms with van der Waals surface area (Å²) in [4.78, 5) is 15.1. The summed E-state index contributed by atoms with van der Waals surface area (Å²) >= 11 is 4.56. The van der Waals surface area contributed by atoms with Gasteiger partial charge >= 0.3 is 5.97 Å². The van der Waals surface area contributed by atoms with E-state index in [-0.39, 0.29) is 4.88 Å². The van der Waals surface area contributed by atoms with E-state index < -0.39 is 5.97 Å². The van der Waals surface area contributed by atoms with Crippen molar-refractivity contribution in [2.24, 2.45) is 0 Å². The normalized spacial score (nSPS) is 10.3. The molecule has 0 unspecified atom stereocenters. The highest BCUT2D eigenvalue weighted by molar-refractivity contribution is 9.08. The van der Waals surface area contributed by atoms with Gasteiger partial charge in [0.05, 0.1) is 6.20 Å². The summed E-state index contributed by atoms with van der Waals surface area (Å²) in [5, 5.41) is 10.3. The lowest BCUT2D eigenvalue weighted by molar-refractivity contribution is 0.0702. The number of thiazole rings is 1. The van der Waals surface area contributed by atoms with Gasteiger partial charge in [0.2, 0.25) is 0 Å². The maximum Gasteiger partial charge on any atom is 0.347 e. The van der Waals surface area contributed by atoms with Crippen LogP contribution in [-0.4, -0.2) is 16.1 Å². The summed E-state index contributed by atoms with van der Waals surface area (Å²) < 4.78 is 0. The van der Waals surface area contributed by atoms with Gasteiger partial charge in [0.1, 0.15) is 9.88 Å². The lowest BCUT2D eigenvalue weighted by Crippen LogP contribution is -1.89. The van der Waals surface area contributed by atoms with Gasteiger partial charge in [-0.3, -0.25) is 0 Å². The van der Waals surface area contributed by atoms with Crippen molar-refractivity contribution < 1.29 is 9.90 Å². The van der Waals surface area contributed by atoms with E-state index in [1.165, 1.54) is 23.1 Å². The number of rotatable bonds is 3. The van der Waals surface area contributed by atoms with Crippen molar-refractivity contribution in [3.63, 3.8) is 0 Å². The minimum absolute atomic E-state index is 0.263. The first kappa shape index (κ1) is 11.3. The van der Waals surface area contributed by atoms with Gasteiger partial charge in [0.15, 0.2) is 0 Å². The minimum atomic E-state index is -0.930. The Balaban J connectivity index is 2.31. The molecule has 0 radical (unpaired) electrons. The van der Waals surface area contributed by atoms with Crippen molar-refractivity contribution in [1.29, 1.82) is 0 Å². The van der Waals surface area contributed by atoms with Crippen LogP contribution in [0, 0.1) is 0 Å². The second-order valence-corrected chi connectivity index (χ2v) is 4.76. The summed E-state index contributed by atoms with van der Waals surface area (Å²) in [5.74, 6) is -0.930. The molecule has 1 N–H and O–H groups in total. The Bertz CT molecular complexity index is 507. The molecule has 1 aromatic heterocycles. The zero-order valence-electron chi connectivity index (χ0n) is 8.18. The fraction of sp³-hybridized carbons (Fsp3) is 0.0909. The molecule has 0 aliphatic rings. The first-order valence-electron chi connectivity index (χ1n) is 4.55. The molecule has 16 heavy (non-hydrogen) atoms. The Morgan fingerprint density at radius 2 is 2.06 bits per heavy atom. The van der Waals surface area contributed by atoms with Crippen molar-refractivity contribution in [3.8, 4) is 10.6 Å². The van der Waals surface area contributed by atoms with Crippen molar-refractivity contribution in [2.45, 2.75) is 5.33 Å². The quantitative estimate of drug-likeness (QED) is 0.883. The van der Waals surface area contributed by atoms with Crippen LogP contribution in [0.15, 0.2) is 30.5 Å². The van der Waals surface area contributed by atoms with Gasteiger partial charge in [0.25, 0.3) is 0 Å². The zero-order chi connectivity index (χ0) is 11.5. The maximum atomic E-state index is 10.7. The molecule has 0 bridgehead atoms. The predicted molar refractivity (Wildman–Crippen MR) is 67.1 cm³/mol. The van der Waals surface area contributed by atoms with Crippen LogP contribution in [0.2, 0.25) is 0 Å². The topological polar surface area (TPSA) is 50.2 Å². The van der Waals surface area contributed by atoms with E-state index in [2.05, 4.69) is 20.9 Å². The molecular formula is C11H8BrNO2S. The summed E-state index contributed by atoms with van der Waals surface area (Å²) in [6.07, 6.45) is 1.39. The number of hydrogen-bond donors (Lipinski definition) is 1. The molecule has 5 heteroatoms. The van der Waals surface area contributed by atoms with Crippen molar-refractivity contribution >= 4 is 33.2 Å². The van der Waals surface area contributed by atoms with Gasteiger partial charge in [-0.2, -0.15) is 0 Å². The minimum Gasteiger partial charge on any atom is -0.477 e. The summed E-state index contributed by atoms with van der Waals surface area (Å²) in [6, 6.07) is 7.87. The predicted octanol–water partition coefficient (Wildman–Crippen LogP) is 3.40. The molecule has 0 fully saturated rings. The fourth-order valence-electron chi connectivity index (χ4n) is 1.24. The van der Waals surface area contributed by atoms with E-state index in [9.17, 15) is 4.79 Å². The summed E-state index contributed by atoms with van der Waals surface area (Å²) in [6.45, 7) is 0. The molecule has 0 atom stereocenters. The van der Waals surface area contributed by atoms with Gasteiger partial charge in [0, 0.05) is 10.9 Å². The van der Waals surface area contributed by atoms with E-state index in [4.69, 9.17) is 5.11 Å². The van der Waals surface area contributed by atoms with Crippen LogP contribution in [0.1, 0.15) is 15.2 Å². The summed E-state index contributed by atoms with van der Waals surface area (Å²) in [7, 11) is 0. The second kappa shape index (κ2) is 4.76. The smallest absolute Gasteiger partial charge is 0.347 e. The van der Waals surface area contributed by atoms with Gasteiger partial charge in [-0.1, -0.05) is 40.2 Å². The first-order chi connectivity index (χ1) is 7.70. The van der Waals surface area contributed by atoms with Crippen LogP contribution in [0.25, 0.3) is 10.6 Å². The van der Waals surface area contributed by atoms with Crippen LogP contribution in [0.3, 0.4) is 0 Å². The largest absolute Gasteiger partial charge is 0.477 e. The zero-order valence-corrected chi connectivity index (χ0v) is 10.6. The number of carboxylic acid groups (broad SMARTS) is 1. The molecule has 0 spiro atoms. The highest BCUT2D eigenvalue weighted by Gasteiger charge is 2.09. The Hall–Kier alpha value is -1.20. The first-order valence-corrected chi connectivity index (χ1v) is 6.49. The van der Waals surface area contributed by atoms with E-state index >= 15 is 0 Å². The molecule has 0 aliphatic carbocycles. The standard InChI is InChI=1S/C11H8BrNO2S/c12-5-7-1-3-8(4-2-7)10-13-6-9(16-10)11(14)15/h1-4,6H,5H2,(H,14,15). The van der Waals surface area contributed by atoms with Crippen molar-refractivity contribution in [3.05, 3.63) is 40.9 Å². The number of nitrogens with zero attached hydrogens (tertiary/aromatic N) is 1. The van der Waals surface area contributed by atoms with Gasteiger partial charge < -0.3 is 5.11 Å². The molecule has 0 saturated carbocycles. The molecule has 2 aromatic rings. The second-order valence-electron chi connectivity index (χ2n) is 3.17. The number of aromatic carboxylic acids is 1. The van der Waals surface area contributed by atoms with E-state index in [1.54, 1.807) is 0 Å². The Morgan fingerprint density at radius 1 is 1.38 bits per heavy atom. The third-order valence-electron chi connectivity index (χ3n) is 2.07. The SMILES string of the molecule is O=C(O)c1cnc(-c2ccc(CBr)cc2)s1. The number of halogens is 1. The fourth-order valence-corrected chi connectivity index (χ4v) is 2.38. The average Bonchev–Trinajstić information content (AvgIpc) is 2.78. The molecule has 1 heterocycles. The van der Waals surface area contributed by atoms with Crippen LogP contribution in [0.5, 0.6) is 0 Å². The third kappa shape index (κ3) is 2.31. The third-order valence-corrected chi connectivity index (χ3v) is 3.75. The molecule has 0 aliphatic heterocycles. The molecule has 0 saturated heterocycles. The van der Waals surface area contributed by atoms with E-state index in [0.717, 1.165) is 15.9 Å². The van der Waals surface area contributed by atoms with Crippen molar-refractivity contribution in [2.75, 3.05) is 0 Å². The number of aromatic nitrogens is 1. The maximum absolute atomic E-state index is 10.7. The lowest BCUT2D eigenvalue weighted by atomic mass is 10.2. The van der Waals surface area contributed by atoms with Crippen LogP contribution in [-0.2, 0) is 5.33 Å². The average molecular weight is 298 g/mol. The lowest BCUT2D eigenvalue weighted by Gasteiger charge is -1.97. The number of carboxylic acids is 1. The Morgan fingerprint density at radius 3 is 2.56 bits per heavy atom. The molecule has 2 rings (SSSR count). The number of hydrogen-bond acceptors (Lipinski definition) is 3. The van der Waals surface area contributed by atoms with Gasteiger partial charge in [-0.05, 0) is 5.56 Å². The van der Waals surface area contributed by atoms with E-state index in [1.807, 2.05) is 24.3 Å².